The summed E-state index contributed by atoms with van der Waals surface area (Å²) in [6, 6.07) is 3.56. The number of carboxylic acids is 1. The molecular weight excluding hydrogens is 429 g/mol. The summed E-state index contributed by atoms with van der Waals surface area (Å²) < 4.78 is 38.3. The van der Waals surface area contributed by atoms with Crippen LogP contribution in [0.4, 0.5) is 0 Å². The SMILES string of the molecule is CC(CCS(C)=O)NS(=O)(=O)c1ccc(I)c(C(=O)O)c1. The number of sulfonamides is 1. The fourth-order valence-electron chi connectivity index (χ4n) is 1.57. The van der Waals surface area contributed by atoms with Gasteiger partial charge in [-0.25, -0.2) is 17.9 Å². The lowest BCUT2D eigenvalue weighted by Gasteiger charge is -2.14. The van der Waals surface area contributed by atoms with Gasteiger partial charge in [-0.3, -0.25) is 4.21 Å². The second kappa shape index (κ2) is 7.65. The Bertz CT molecular complexity index is 660. The molecule has 2 atom stereocenters. The molecule has 1 rings (SSSR count). The van der Waals surface area contributed by atoms with Gasteiger partial charge < -0.3 is 5.11 Å². The van der Waals surface area contributed by atoms with E-state index in [1.165, 1.54) is 12.1 Å². The number of halogens is 1. The predicted molar refractivity (Wildman–Crippen MR) is 89.5 cm³/mol. The Morgan fingerprint density at radius 2 is 2.10 bits per heavy atom. The zero-order valence-electron chi connectivity index (χ0n) is 11.5. The van der Waals surface area contributed by atoms with Crippen LogP contribution in [0.5, 0.6) is 0 Å². The Hall–Kier alpha value is -0.520. The zero-order valence-corrected chi connectivity index (χ0v) is 15.3. The van der Waals surface area contributed by atoms with Crippen LogP contribution in [0.2, 0.25) is 0 Å². The van der Waals surface area contributed by atoms with Crippen LogP contribution in [0.15, 0.2) is 23.1 Å². The van der Waals surface area contributed by atoms with E-state index >= 15 is 0 Å². The van der Waals surface area contributed by atoms with Crippen LogP contribution < -0.4 is 4.72 Å². The molecule has 9 heteroatoms. The highest BCUT2D eigenvalue weighted by Crippen LogP contribution is 2.18. The topological polar surface area (TPSA) is 101 Å². The Morgan fingerprint density at radius 3 is 2.62 bits per heavy atom. The van der Waals surface area contributed by atoms with Crippen molar-refractivity contribution in [1.82, 2.24) is 4.72 Å². The molecule has 6 nitrogen and oxygen atoms in total. The van der Waals surface area contributed by atoms with E-state index < -0.39 is 26.8 Å². The fourth-order valence-corrected chi connectivity index (χ4v) is 4.13. The molecule has 2 N–H and O–H groups in total. The van der Waals surface area contributed by atoms with Crippen LogP contribution in [0.3, 0.4) is 0 Å². The Labute approximate surface area is 140 Å². The quantitative estimate of drug-likeness (QED) is 0.619. The summed E-state index contributed by atoms with van der Waals surface area (Å²) in [6.07, 6.45) is 2.00. The molecule has 2 unspecified atom stereocenters. The second-order valence-electron chi connectivity index (χ2n) is 4.54. The average molecular weight is 445 g/mol. The molecular formula is C12H16INO5S2. The van der Waals surface area contributed by atoms with Gasteiger partial charge in [0.05, 0.1) is 10.5 Å². The second-order valence-corrected chi connectivity index (χ2v) is 8.97. The monoisotopic (exact) mass is 445 g/mol. The Kier molecular flexibility index (Phi) is 6.75. The highest BCUT2D eigenvalue weighted by atomic mass is 127. The molecule has 0 saturated carbocycles. The first-order valence-electron chi connectivity index (χ1n) is 5.98. The van der Waals surface area contributed by atoms with E-state index in [1.807, 2.05) is 22.6 Å². The fraction of sp³-hybridized carbons (Fsp3) is 0.417. The van der Waals surface area contributed by atoms with E-state index in [2.05, 4.69) is 4.72 Å². The van der Waals surface area contributed by atoms with Crippen LogP contribution in [-0.4, -0.2) is 41.8 Å². The van der Waals surface area contributed by atoms with Gasteiger partial charge in [0, 0.05) is 32.4 Å². The molecule has 0 spiro atoms. The van der Waals surface area contributed by atoms with Gasteiger partial charge in [-0.1, -0.05) is 0 Å². The first kappa shape index (κ1) is 18.5. The van der Waals surface area contributed by atoms with E-state index in [0.717, 1.165) is 6.07 Å². The van der Waals surface area contributed by atoms with Crippen molar-refractivity contribution in [1.29, 1.82) is 0 Å². The number of hydrogen-bond acceptors (Lipinski definition) is 4. The number of hydrogen-bond donors (Lipinski definition) is 2. The summed E-state index contributed by atoms with van der Waals surface area (Å²) >= 11 is 1.84. The van der Waals surface area contributed by atoms with E-state index in [9.17, 15) is 17.4 Å². The van der Waals surface area contributed by atoms with Gasteiger partial charge in [-0.15, -0.1) is 0 Å². The molecule has 1 aromatic carbocycles. The van der Waals surface area contributed by atoms with Gasteiger partial charge in [0.2, 0.25) is 10.0 Å². The van der Waals surface area contributed by atoms with Crippen molar-refractivity contribution in [2.75, 3.05) is 12.0 Å². The number of benzene rings is 1. The van der Waals surface area contributed by atoms with E-state index in [-0.39, 0.29) is 16.5 Å². The maximum atomic E-state index is 12.2. The smallest absolute Gasteiger partial charge is 0.336 e. The third-order valence-corrected chi connectivity index (χ3v) is 6.01. The molecule has 0 aromatic heterocycles. The van der Waals surface area contributed by atoms with Crippen molar-refractivity contribution in [3.63, 3.8) is 0 Å². The first-order valence-corrected chi connectivity index (χ1v) is 10.3. The lowest BCUT2D eigenvalue weighted by Crippen LogP contribution is -2.33. The molecule has 0 aliphatic heterocycles. The van der Waals surface area contributed by atoms with E-state index in [0.29, 0.717) is 15.7 Å². The standard InChI is InChI=1S/C12H16INO5S2/c1-8(5-6-20(2)17)14-21(18,19)9-3-4-11(13)10(7-9)12(15)16/h3-4,7-8,14H,5-6H2,1-2H3,(H,15,16). The van der Waals surface area contributed by atoms with Crippen molar-refractivity contribution in [2.45, 2.75) is 24.3 Å². The predicted octanol–water partition coefficient (Wildman–Crippen LogP) is 1.42. The molecule has 21 heavy (non-hydrogen) atoms. The number of carbonyl (C=O) groups is 1. The Balaban J connectivity index is 2.95. The highest BCUT2D eigenvalue weighted by Gasteiger charge is 2.20. The summed E-state index contributed by atoms with van der Waals surface area (Å²) in [6.45, 7) is 1.68. The molecule has 0 heterocycles. The van der Waals surface area contributed by atoms with Crippen LogP contribution in [0, 0.1) is 3.57 Å². The number of carboxylic acid groups (broad SMARTS) is 1. The normalized spacial score (nSPS) is 14.6. The minimum Gasteiger partial charge on any atom is -0.478 e. The lowest BCUT2D eigenvalue weighted by atomic mass is 10.2. The molecule has 0 aliphatic rings. The van der Waals surface area contributed by atoms with E-state index in [4.69, 9.17) is 5.11 Å². The molecule has 0 radical (unpaired) electrons. The average Bonchev–Trinajstić information content (AvgIpc) is 2.35. The third kappa shape index (κ3) is 5.64. The lowest BCUT2D eigenvalue weighted by molar-refractivity contribution is 0.0695. The number of nitrogens with one attached hydrogen (secondary N) is 1. The maximum absolute atomic E-state index is 12.2. The molecule has 118 valence electrons. The van der Waals surface area contributed by atoms with Gasteiger partial charge in [-0.2, -0.15) is 0 Å². The molecule has 1 aromatic rings. The minimum atomic E-state index is -3.80. The molecule has 0 amide bonds. The third-order valence-electron chi connectivity index (χ3n) is 2.67. The van der Waals surface area contributed by atoms with Crippen molar-refractivity contribution in [3.05, 3.63) is 27.3 Å². The van der Waals surface area contributed by atoms with Crippen molar-refractivity contribution >= 4 is 49.4 Å². The zero-order chi connectivity index (χ0) is 16.2. The minimum absolute atomic E-state index is 0.0548. The summed E-state index contributed by atoms with van der Waals surface area (Å²) in [5.74, 6) is -0.776. The van der Waals surface area contributed by atoms with Crippen LogP contribution in [0.25, 0.3) is 0 Å². The maximum Gasteiger partial charge on any atom is 0.336 e. The number of aromatic carboxylic acids is 1. The summed E-state index contributed by atoms with van der Waals surface area (Å²) in [5.41, 5.74) is -0.0548. The van der Waals surface area contributed by atoms with Gasteiger partial charge in [0.15, 0.2) is 0 Å². The van der Waals surface area contributed by atoms with Gasteiger partial charge in [0.1, 0.15) is 0 Å². The van der Waals surface area contributed by atoms with Crippen molar-refractivity contribution in [2.24, 2.45) is 0 Å². The largest absolute Gasteiger partial charge is 0.478 e. The van der Waals surface area contributed by atoms with Crippen LogP contribution in [0.1, 0.15) is 23.7 Å². The highest BCUT2D eigenvalue weighted by molar-refractivity contribution is 14.1. The van der Waals surface area contributed by atoms with Gasteiger partial charge in [0.25, 0.3) is 0 Å². The Morgan fingerprint density at radius 1 is 1.48 bits per heavy atom. The summed E-state index contributed by atoms with van der Waals surface area (Å²) in [7, 11) is -4.78. The van der Waals surface area contributed by atoms with Gasteiger partial charge >= 0.3 is 5.97 Å². The van der Waals surface area contributed by atoms with E-state index in [1.54, 1.807) is 13.2 Å². The van der Waals surface area contributed by atoms with Crippen LogP contribution in [-0.2, 0) is 20.8 Å². The first-order chi connectivity index (χ1) is 9.63. The van der Waals surface area contributed by atoms with Gasteiger partial charge in [-0.05, 0) is 54.1 Å². The van der Waals surface area contributed by atoms with Crippen LogP contribution >= 0.6 is 22.6 Å². The van der Waals surface area contributed by atoms with Crippen molar-refractivity contribution < 1.29 is 22.5 Å². The molecule has 0 fully saturated rings. The van der Waals surface area contributed by atoms with Crippen molar-refractivity contribution in [3.8, 4) is 0 Å². The molecule has 0 aliphatic carbocycles. The summed E-state index contributed by atoms with van der Waals surface area (Å²) in [5, 5.41) is 9.03. The molecule has 0 bridgehead atoms. The number of rotatable bonds is 7. The summed E-state index contributed by atoms with van der Waals surface area (Å²) in [4.78, 5) is 11.0. The molecule has 0 saturated heterocycles.